The molecule has 0 amide bonds. The molecule has 3 aromatic carbocycles. The summed E-state index contributed by atoms with van der Waals surface area (Å²) >= 11 is 0. The number of aryl methyl sites for hydroxylation is 2. The van der Waals surface area contributed by atoms with Crippen LogP contribution in [-0.2, 0) is 17.4 Å². The molecule has 0 aliphatic rings. The molecule has 0 saturated heterocycles. The molecule has 1 unspecified atom stereocenters. The van der Waals surface area contributed by atoms with Crippen molar-refractivity contribution < 1.29 is 52.9 Å². The van der Waals surface area contributed by atoms with Crippen LogP contribution in [0.5, 0.6) is 11.5 Å². The molecule has 0 saturated carbocycles. The first-order valence-corrected chi connectivity index (χ1v) is 10.9. The van der Waals surface area contributed by atoms with Gasteiger partial charge in [-0.1, -0.05) is 61.5 Å². The molecular formula is C23H22NaO5P. The van der Waals surface area contributed by atoms with E-state index >= 15 is 0 Å². The van der Waals surface area contributed by atoms with E-state index in [0.29, 0.717) is 18.4 Å². The fourth-order valence-electron chi connectivity index (χ4n) is 2.81. The molecule has 0 bridgehead atoms. The van der Waals surface area contributed by atoms with Gasteiger partial charge in [-0.3, -0.25) is 4.79 Å². The first-order chi connectivity index (χ1) is 13.9. The van der Waals surface area contributed by atoms with Gasteiger partial charge in [-0.15, -0.1) is 0 Å². The van der Waals surface area contributed by atoms with Crippen LogP contribution < -0.4 is 43.5 Å². The first-order valence-electron chi connectivity index (χ1n) is 9.41. The standard InChI is InChI=1S/C23H23O5P.Na/c1-2-18-8-13-21(14-9-18)27-29(25,26)28-22-15-10-19(11-16-22)12-17-23(24)20-6-4-3-5-7-20;/h3-11,13-16H,2,12,17H2,1H3,(H,25,26);/q;+1/p-1. The topological polar surface area (TPSA) is 75.7 Å². The molecule has 5 nitrogen and oxygen atoms in total. The molecule has 0 heterocycles. The maximum atomic E-state index is 12.2. The number of benzene rings is 3. The smallest absolute Gasteiger partial charge is 0.736 e. The molecule has 0 radical (unpaired) electrons. The van der Waals surface area contributed by atoms with Gasteiger partial charge in [0.1, 0.15) is 11.5 Å². The van der Waals surface area contributed by atoms with Crippen molar-refractivity contribution in [2.75, 3.05) is 0 Å². The van der Waals surface area contributed by atoms with Gasteiger partial charge in [0.15, 0.2) is 5.78 Å². The van der Waals surface area contributed by atoms with Crippen molar-refractivity contribution in [1.82, 2.24) is 0 Å². The van der Waals surface area contributed by atoms with Crippen molar-refractivity contribution in [2.24, 2.45) is 0 Å². The van der Waals surface area contributed by atoms with Crippen LogP contribution in [-0.4, -0.2) is 5.78 Å². The van der Waals surface area contributed by atoms with Crippen LogP contribution in [0, 0.1) is 0 Å². The Labute approximate surface area is 199 Å². The summed E-state index contributed by atoms with van der Waals surface area (Å²) < 4.78 is 22.1. The van der Waals surface area contributed by atoms with E-state index in [1.807, 2.05) is 25.1 Å². The van der Waals surface area contributed by atoms with Crippen molar-refractivity contribution in [1.29, 1.82) is 0 Å². The van der Waals surface area contributed by atoms with Crippen LogP contribution >= 0.6 is 7.82 Å². The quantitative estimate of drug-likeness (QED) is 0.294. The Morgan fingerprint density at radius 1 is 0.833 bits per heavy atom. The number of phosphoric ester groups is 1. The third-order valence-corrected chi connectivity index (χ3v) is 5.29. The van der Waals surface area contributed by atoms with E-state index in [1.165, 1.54) is 0 Å². The van der Waals surface area contributed by atoms with Crippen LogP contribution in [0.4, 0.5) is 0 Å². The Morgan fingerprint density at radius 2 is 1.33 bits per heavy atom. The third-order valence-electron chi connectivity index (χ3n) is 4.43. The summed E-state index contributed by atoms with van der Waals surface area (Å²) in [6.45, 7) is 2.01. The van der Waals surface area contributed by atoms with Gasteiger partial charge in [0.25, 0.3) is 0 Å². The number of hydrogen-bond acceptors (Lipinski definition) is 5. The minimum Gasteiger partial charge on any atom is -0.736 e. The molecule has 3 rings (SSSR count). The zero-order valence-corrected chi connectivity index (χ0v) is 20.0. The average molecular weight is 432 g/mol. The van der Waals surface area contributed by atoms with Gasteiger partial charge >= 0.3 is 37.4 Å². The molecule has 1 atom stereocenters. The number of phosphoric acid groups is 1. The first kappa shape index (κ1) is 24.4. The number of ketones is 1. The summed E-state index contributed by atoms with van der Waals surface area (Å²) in [5.74, 6) is 0.431. The second kappa shape index (κ2) is 11.5. The minimum absolute atomic E-state index is 0. The second-order valence-electron chi connectivity index (χ2n) is 6.56. The van der Waals surface area contributed by atoms with Gasteiger partial charge in [0.2, 0.25) is 0 Å². The van der Waals surface area contributed by atoms with Gasteiger partial charge in [-0.25, -0.2) is 4.57 Å². The Balaban J connectivity index is 0.00000320. The van der Waals surface area contributed by atoms with E-state index < -0.39 is 7.82 Å². The van der Waals surface area contributed by atoms with Crippen LogP contribution in [0.2, 0.25) is 0 Å². The fraction of sp³-hybridized carbons (Fsp3) is 0.174. The Bertz CT molecular complexity index is 988. The molecule has 150 valence electrons. The molecule has 3 aromatic rings. The van der Waals surface area contributed by atoms with Gasteiger partial charge < -0.3 is 13.9 Å². The predicted octanol–water partition coefficient (Wildman–Crippen LogP) is 1.99. The van der Waals surface area contributed by atoms with E-state index in [4.69, 9.17) is 9.05 Å². The Kier molecular flexibility index (Phi) is 9.35. The van der Waals surface area contributed by atoms with Gasteiger partial charge in [0, 0.05) is 12.0 Å². The van der Waals surface area contributed by atoms with Crippen LogP contribution in [0.15, 0.2) is 78.9 Å². The molecule has 0 fully saturated rings. The summed E-state index contributed by atoms with van der Waals surface area (Å²) in [7, 11) is -4.55. The molecule has 0 aliphatic carbocycles. The minimum atomic E-state index is -4.55. The molecule has 0 N–H and O–H groups in total. The van der Waals surface area contributed by atoms with E-state index in [-0.39, 0.29) is 46.8 Å². The molecule has 30 heavy (non-hydrogen) atoms. The van der Waals surface area contributed by atoms with E-state index in [0.717, 1.165) is 17.5 Å². The van der Waals surface area contributed by atoms with Crippen LogP contribution in [0.3, 0.4) is 0 Å². The normalized spacial score (nSPS) is 12.3. The van der Waals surface area contributed by atoms with Crippen molar-refractivity contribution in [3.05, 3.63) is 95.6 Å². The zero-order valence-electron chi connectivity index (χ0n) is 17.1. The van der Waals surface area contributed by atoms with Crippen molar-refractivity contribution in [3.63, 3.8) is 0 Å². The maximum absolute atomic E-state index is 12.2. The molecule has 0 aromatic heterocycles. The average Bonchev–Trinajstić information content (AvgIpc) is 2.73. The molecule has 7 heteroatoms. The second-order valence-corrected chi connectivity index (χ2v) is 7.82. The summed E-state index contributed by atoms with van der Waals surface area (Å²) in [5.41, 5.74) is 2.68. The molecular weight excluding hydrogens is 410 g/mol. The molecule has 0 aliphatic heterocycles. The van der Waals surface area contributed by atoms with Crippen LogP contribution in [0.1, 0.15) is 34.8 Å². The third kappa shape index (κ3) is 7.42. The van der Waals surface area contributed by atoms with Crippen LogP contribution in [0.25, 0.3) is 0 Å². The Morgan fingerprint density at radius 3 is 1.83 bits per heavy atom. The predicted molar refractivity (Wildman–Crippen MR) is 110 cm³/mol. The number of carbonyl (C=O) groups excluding carboxylic acids is 1. The van der Waals surface area contributed by atoms with Gasteiger partial charge in [-0.2, -0.15) is 0 Å². The van der Waals surface area contributed by atoms with Crippen molar-refractivity contribution in [2.45, 2.75) is 26.2 Å². The Hall–Kier alpha value is -1.88. The van der Waals surface area contributed by atoms with Gasteiger partial charge in [-0.05, 0) is 48.2 Å². The van der Waals surface area contributed by atoms with E-state index in [1.54, 1.807) is 60.7 Å². The number of Topliss-reactive ketones (excluding diaryl/α,β-unsaturated/α-hetero) is 1. The van der Waals surface area contributed by atoms with Gasteiger partial charge in [0.05, 0.1) is 0 Å². The maximum Gasteiger partial charge on any atom is 1.00 e. The van der Waals surface area contributed by atoms with E-state index in [9.17, 15) is 14.3 Å². The number of carbonyl (C=O) groups is 1. The number of rotatable bonds is 9. The summed E-state index contributed by atoms with van der Waals surface area (Å²) in [6.07, 6.45) is 1.79. The monoisotopic (exact) mass is 432 g/mol. The van der Waals surface area contributed by atoms with E-state index in [2.05, 4.69) is 0 Å². The molecule has 0 spiro atoms. The summed E-state index contributed by atoms with van der Waals surface area (Å²) in [6, 6.07) is 22.5. The van der Waals surface area contributed by atoms with Crippen molar-refractivity contribution >= 4 is 13.6 Å². The SMILES string of the molecule is CCc1ccc(OP(=O)([O-])Oc2ccc(CCC(=O)c3ccccc3)cc2)cc1.[Na+]. The summed E-state index contributed by atoms with van der Waals surface area (Å²) in [4.78, 5) is 24.3. The summed E-state index contributed by atoms with van der Waals surface area (Å²) in [5, 5.41) is 0. The zero-order chi connectivity index (χ0) is 20.7. The number of hydrogen-bond donors (Lipinski definition) is 0. The fourth-order valence-corrected chi connectivity index (χ4v) is 3.60. The largest absolute Gasteiger partial charge is 1.00 e. The van der Waals surface area contributed by atoms with Crippen molar-refractivity contribution in [3.8, 4) is 11.5 Å².